The molecule has 0 unspecified atom stereocenters. The fraction of sp³-hybridized carbons (Fsp3) is 0.464. The number of aryl methyl sites for hydroxylation is 2. The predicted octanol–water partition coefficient (Wildman–Crippen LogP) is 4.70. The van der Waals surface area contributed by atoms with Gasteiger partial charge in [0.1, 0.15) is 12.2 Å². The molecule has 3 aromatic rings. The van der Waals surface area contributed by atoms with Crippen LogP contribution in [0.5, 0.6) is 11.6 Å². The second-order valence-corrected chi connectivity index (χ2v) is 9.48. The molecule has 0 radical (unpaired) electrons. The summed E-state index contributed by atoms with van der Waals surface area (Å²) in [7, 11) is 1.61. The van der Waals surface area contributed by atoms with Gasteiger partial charge in [-0.05, 0) is 61.9 Å². The third-order valence-corrected chi connectivity index (χ3v) is 6.67. The number of rotatable bonds is 12. The van der Waals surface area contributed by atoms with Crippen LogP contribution in [0.2, 0.25) is 0 Å². The van der Waals surface area contributed by atoms with E-state index in [0.29, 0.717) is 43.1 Å². The average Bonchev–Trinajstić information content (AvgIpc) is 3.61. The second kappa shape index (κ2) is 12.5. The lowest BCUT2D eigenvalue weighted by atomic mass is 10.0. The van der Waals surface area contributed by atoms with Crippen molar-refractivity contribution < 1.29 is 28.7 Å². The van der Waals surface area contributed by atoms with Gasteiger partial charge in [0.2, 0.25) is 17.6 Å². The van der Waals surface area contributed by atoms with Gasteiger partial charge in [-0.25, -0.2) is 4.98 Å². The van der Waals surface area contributed by atoms with Crippen LogP contribution in [-0.4, -0.2) is 52.4 Å². The number of aromatic nitrogens is 3. The van der Waals surface area contributed by atoms with Crippen LogP contribution in [0.4, 0.5) is 0 Å². The van der Waals surface area contributed by atoms with Gasteiger partial charge in [-0.2, -0.15) is 4.98 Å². The molecule has 2 heterocycles. The molecule has 0 spiro atoms. The molecule has 1 aliphatic rings. The summed E-state index contributed by atoms with van der Waals surface area (Å²) in [6.07, 6.45) is 5.45. The molecule has 1 aliphatic carbocycles. The number of carboxylic acids is 1. The first kappa shape index (κ1) is 27.1. The molecule has 10 heteroatoms. The van der Waals surface area contributed by atoms with E-state index in [1.54, 1.807) is 7.11 Å². The zero-order chi connectivity index (χ0) is 27.1. The zero-order valence-electron chi connectivity index (χ0n) is 22.1. The highest BCUT2D eigenvalue weighted by atomic mass is 16.5. The van der Waals surface area contributed by atoms with Gasteiger partial charge in [0, 0.05) is 35.3 Å². The summed E-state index contributed by atoms with van der Waals surface area (Å²) in [5, 5.41) is 15.5. The molecule has 1 saturated carbocycles. The number of nitrogens with one attached hydrogen (secondary N) is 1. The minimum Gasteiger partial charge on any atom is -0.493 e. The van der Waals surface area contributed by atoms with Gasteiger partial charge in [-0.15, -0.1) is 0 Å². The number of benzene rings is 1. The molecule has 202 valence electrons. The first-order valence-electron chi connectivity index (χ1n) is 13.0. The number of pyridine rings is 1. The van der Waals surface area contributed by atoms with Gasteiger partial charge in [0.15, 0.2) is 0 Å². The minimum absolute atomic E-state index is 0.346. The van der Waals surface area contributed by atoms with Crippen LogP contribution in [0.1, 0.15) is 68.2 Å². The Kier molecular flexibility index (Phi) is 8.93. The van der Waals surface area contributed by atoms with Gasteiger partial charge >= 0.3 is 5.97 Å². The molecule has 0 aliphatic heterocycles. The highest BCUT2D eigenvalue weighted by molar-refractivity contribution is 5.93. The van der Waals surface area contributed by atoms with Gasteiger partial charge in [0.05, 0.1) is 13.7 Å². The largest absolute Gasteiger partial charge is 0.493 e. The van der Waals surface area contributed by atoms with Gasteiger partial charge in [0.25, 0.3) is 5.89 Å². The van der Waals surface area contributed by atoms with E-state index in [1.807, 2.05) is 38.1 Å². The van der Waals surface area contributed by atoms with Crippen molar-refractivity contribution in [2.75, 3.05) is 20.3 Å². The van der Waals surface area contributed by atoms with Gasteiger partial charge in [-0.1, -0.05) is 24.9 Å². The second-order valence-electron chi connectivity index (χ2n) is 9.48. The molecule has 1 fully saturated rings. The molecule has 10 nitrogen and oxygen atoms in total. The molecular formula is C28H34N4O6. The maximum Gasteiger partial charge on any atom is 0.312 e. The number of methoxy groups -OCH3 is 1. The Balaban J connectivity index is 1.46. The third kappa shape index (κ3) is 6.67. The maximum absolute atomic E-state index is 11.5. The lowest BCUT2D eigenvalue weighted by Crippen LogP contribution is -2.27. The Hall–Kier alpha value is -3.95. The average molecular weight is 523 g/mol. The van der Waals surface area contributed by atoms with Crippen LogP contribution >= 0.6 is 0 Å². The van der Waals surface area contributed by atoms with Crippen LogP contribution in [-0.2, 0) is 16.0 Å². The highest BCUT2D eigenvalue weighted by Crippen LogP contribution is 2.36. The van der Waals surface area contributed by atoms with Crippen molar-refractivity contribution in [1.82, 2.24) is 20.4 Å². The van der Waals surface area contributed by atoms with Crippen LogP contribution in [0.15, 0.2) is 28.8 Å². The quantitative estimate of drug-likeness (QED) is 0.256. The van der Waals surface area contributed by atoms with Gasteiger partial charge in [-0.3, -0.25) is 9.59 Å². The van der Waals surface area contributed by atoms with Crippen molar-refractivity contribution >= 4 is 11.9 Å². The first-order valence-corrected chi connectivity index (χ1v) is 13.0. The Morgan fingerprint density at radius 3 is 2.63 bits per heavy atom. The highest BCUT2D eigenvalue weighted by Gasteiger charge is 2.22. The Bertz CT molecular complexity index is 1280. The number of ether oxygens (including phenoxy) is 2. The fourth-order valence-electron chi connectivity index (χ4n) is 4.76. The van der Waals surface area contributed by atoms with E-state index in [1.165, 1.54) is 12.8 Å². The van der Waals surface area contributed by atoms with E-state index < -0.39 is 18.3 Å². The van der Waals surface area contributed by atoms with Crippen molar-refractivity contribution in [2.45, 2.75) is 64.7 Å². The number of hydrogen-bond acceptors (Lipinski definition) is 8. The summed E-state index contributed by atoms with van der Waals surface area (Å²) in [4.78, 5) is 31.4. The van der Waals surface area contributed by atoms with E-state index in [0.717, 1.165) is 53.0 Å². The summed E-state index contributed by atoms with van der Waals surface area (Å²) in [5.74, 6) is 1.00. The van der Waals surface area contributed by atoms with Crippen LogP contribution in [0, 0.1) is 6.92 Å². The number of carboxylic acid groups (broad SMARTS) is 1. The molecule has 4 rings (SSSR count). The van der Waals surface area contributed by atoms with Crippen molar-refractivity contribution in [3.8, 4) is 34.5 Å². The summed E-state index contributed by atoms with van der Waals surface area (Å²) >= 11 is 0. The molecule has 1 amide bonds. The van der Waals surface area contributed by atoms with Crippen molar-refractivity contribution in [1.29, 1.82) is 0 Å². The van der Waals surface area contributed by atoms with Crippen LogP contribution in [0.25, 0.3) is 22.8 Å². The Morgan fingerprint density at radius 1 is 1.13 bits per heavy atom. The number of aliphatic carboxylic acids is 1. The van der Waals surface area contributed by atoms with Gasteiger partial charge < -0.3 is 24.4 Å². The smallest absolute Gasteiger partial charge is 0.312 e. The van der Waals surface area contributed by atoms with Crippen molar-refractivity contribution in [3.05, 3.63) is 41.1 Å². The first-order chi connectivity index (χ1) is 18.4. The van der Waals surface area contributed by atoms with E-state index in [-0.39, 0.29) is 0 Å². The number of amides is 1. The molecule has 1 aromatic carbocycles. The maximum atomic E-state index is 11.5. The lowest BCUT2D eigenvalue weighted by Gasteiger charge is -2.15. The van der Waals surface area contributed by atoms with Crippen molar-refractivity contribution in [3.63, 3.8) is 0 Å². The molecule has 38 heavy (non-hydrogen) atoms. The predicted molar refractivity (Wildman–Crippen MR) is 140 cm³/mol. The molecule has 0 bridgehead atoms. The van der Waals surface area contributed by atoms with E-state index in [9.17, 15) is 9.59 Å². The van der Waals surface area contributed by atoms with E-state index in [4.69, 9.17) is 19.1 Å². The Labute approximate surface area is 221 Å². The summed E-state index contributed by atoms with van der Waals surface area (Å²) < 4.78 is 17.1. The number of carbonyl (C=O) groups is 2. The molecular weight excluding hydrogens is 488 g/mol. The van der Waals surface area contributed by atoms with E-state index >= 15 is 0 Å². The topological polar surface area (TPSA) is 137 Å². The van der Waals surface area contributed by atoms with Crippen LogP contribution in [0.3, 0.4) is 0 Å². The molecule has 0 atom stereocenters. The molecule has 0 saturated heterocycles. The SMILES string of the molecule is CCc1cc(-c2noc(-c3cc(OC)nc(C4CCCC4)c3)n2)cc(C)c1OCCCNC(=O)CC(=O)O. The lowest BCUT2D eigenvalue weighted by molar-refractivity contribution is -0.140. The standard InChI is InChI=1S/C28H34N4O6/c1-4-18-13-20(12-17(2)26(18)37-11-7-10-29-23(33)16-25(34)35)27-31-28(38-32-27)21-14-22(19-8-5-6-9-19)30-24(15-21)36-3/h12-15,19H,4-11,16H2,1-3H3,(H,29,33)(H,34,35). The van der Waals surface area contributed by atoms with Crippen molar-refractivity contribution in [2.24, 2.45) is 0 Å². The summed E-state index contributed by atoms with van der Waals surface area (Å²) in [5.41, 5.74) is 4.58. The normalized spacial score (nSPS) is 13.4. The molecule has 2 aromatic heterocycles. The number of carbonyl (C=O) groups excluding carboxylic acids is 1. The Morgan fingerprint density at radius 2 is 1.92 bits per heavy atom. The number of hydrogen-bond donors (Lipinski definition) is 2. The number of nitrogens with zero attached hydrogens (tertiary/aromatic N) is 3. The zero-order valence-corrected chi connectivity index (χ0v) is 22.1. The van der Waals surface area contributed by atoms with Crippen LogP contribution < -0.4 is 14.8 Å². The monoisotopic (exact) mass is 522 g/mol. The summed E-state index contributed by atoms with van der Waals surface area (Å²) in [6.45, 7) is 4.75. The van der Waals surface area contributed by atoms with E-state index in [2.05, 4.69) is 20.4 Å². The molecule has 2 N–H and O–H groups in total. The minimum atomic E-state index is -1.15. The summed E-state index contributed by atoms with van der Waals surface area (Å²) in [6, 6.07) is 7.82. The fourth-order valence-corrected chi connectivity index (χ4v) is 4.76. The third-order valence-electron chi connectivity index (χ3n) is 6.67.